The first-order valence-electron chi connectivity index (χ1n) is 10.0. The Morgan fingerprint density at radius 1 is 1.06 bits per heavy atom. The van der Waals surface area contributed by atoms with E-state index in [1.54, 1.807) is 41.8 Å². The first kappa shape index (κ1) is 22.0. The number of ether oxygens (including phenoxy) is 1. The summed E-state index contributed by atoms with van der Waals surface area (Å²) in [6, 6.07) is 12.7. The van der Waals surface area contributed by atoms with Crippen molar-refractivity contribution in [2.45, 2.75) is 19.9 Å². The van der Waals surface area contributed by atoms with E-state index >= 15 is 0 Å². The summed E-state index contributed by atoms with van der Waals surface area (Å²) in [5, 5.41) is 14.3. The van der Waals surface area contributed by atoms with E-state index in [-0.39, 0.29) is 17.3 Å². The number of benzene rings is 1. The molecule has 2 aromatic heterocycles. The summed E-state index contributed by atoms with van der Waals surface area (Å²) in [7, 11) is 0. The van der Waals surface area contributed by atoms with Crippen molar-refractivity contribution in [3.8, 4) is 0 Å². The van der Waals surface area contributed by atoms with Crippen LogP contribution in [0.25, 0.3) is 0 Å². The van der Waals surface area contributed by atoms with Crippen LogP contribution in [0, 0.1) is 5.92 Å². The number of nitrogens with zero attached hydrogens (tertiary/aromatic N) is 1. The van der Waals surface area contributed by atoms with Crippen LogP contribution in [0.2, 0.25) is 0 Å². The van der Waals surface area contributed by atoms with Gasteiger partial charge in [0.25, 0.3) is 5.91 Å². The summed E-state index contributed by atoms with van der Waals surface area (Å²) in [5.74, 6) is -1.80. The highest BCUT2D eigenvalue weighted by atomic mass is 32.1. The second-order valence-electron chi connectivity index (χ2n) is 7.70. The lowest BCUT2D eigenvalue weighted by molar-refractivity contribution is -0.117. The summed E-state index contributed by atoms with van der Waals surface area (Å²) < 4.78 is 5.25. The molecule has 32 heavy (non-hydrogen) atoms. The average Bonchev–Trinajstić information content (AvgIpc) is 3.54. The second kappa shape index (κ2) is 9.10. The van der Waals surface area contributed by atoms with Crippen LogP contribution in [-0.4, -0.2) is 29.4 Å². The van der Waals surface area contributed by atoms with E-state index in [0.29, 0.717) is 22.7 Å². The van der Waals surface area contributed by atoms with Crippen LogP contribution in [0.4, 0.5) is 5.69 Å². The number of esters is 1. The molecule has 1 aromatic carbocycles. The number of aliphatic hydroxyl groups excluding tert-OH is 1. The second-order valence-corrected chi connectivity index (χ2v) is 9.63. The minimum atomic E-state index is -0.754. The van der Waals surface area contributed by atoms with Crippen molar-refractivity contribution in [3.05, 3.63) is 85.9 Å². The van der Waals surface area contributed by atoms with Gasteiger partial charge >= 0.3 is 5.97 Å². The Labute approximate surface area is 193 Å². The van der Waals surface area contributed by atoms with Gasteiger partial charge in [-0.2, -0.15) is 0 Å². The molecule has 0 bridgehead atoms. The maximum atomic E-state index is 13.2. The molecular formula is C24H21NO5S2. The van der Waals surface area contributed by atoms with Gasteiger partial charge in [-0.1, -0.05) is 26.0 Å². The van der Waals surface area contributed by atoms with Crippen LogP contribution in [0.3, 0.4) is 0 Å². The number of hydrogen-bond acceptors (Lipinski definition) is 7. The van der Waals surface area contributed by atoms with Crippen molar-refractivity contribution in [1.82, 2.24) is 0 Å². The molecular weight excluding hydrogens is 446 g/mol. The van der Waals surface area contributed by atoms with Crippen molar-refractivity contribution < 1.29 is 24.2 Å². The third-order valence-corrected chi connectivity index (χ3v) is 6.73. The number of Topliss-reactive ketones (excluding diaryl/α,β-unsaturated/α-hetero) is 1. The van der Waals surface area contributed by atoms with Gasteiger partial charge < -0.3 is 9.84 Å². The zero-order chi connectivity index (χ0) is 22.8. The van der Waals surface area contributed by atoms with Gasteiger partial charge in [-0.3, -0.25) is 14.5 Å². The lowest BCUT2D eigenvalue weighted by Crippen LogP contribution is -2.30. The van der Waals surface area contributed by atoms with Gasteiger partial charge in [0.2, 0.25) is 5.78 Å². The number of amides is 1. The highest BCUT2D eigenvalue weighted by molar-refractivity contribution is 7.12. The number of thiophene rings is 2. The normalized spacial score (nSPS) is 16.2. The summed E-state index contributed by atoms with van der Waals surface area (Å²) in [6.45, 7) is 4.22. The van der Waals surface area contributed by atoms with E-state index in [1.165, 1.54) is 27.6 Å². The predicted octanol–water partition coefficient (Wildman–Crippen LogP) is 5.41. The number of carbonyl (C=O) groups is 3. The van der Waals surface area contributed by atoms with Gasteiger partial charge in [-0.25, -0.2) is 4.79 Å². The number of ketones is 1. The first-order chi connectivity index (χ1) is 15.4. The zero-order valence-electron chi connectivity index (χ0n) is 17.5. The average molecular weight is 468 g/mol. The van der Waals surface area contributed by atoms with E-state index in [1.807, 2.05) is 31.4 Å². The first-order valence-corrected chi connectivity index (χ1v) is 11.8. The van der Waals surface area contributed by atoms with Gasteiger partial charge in [0.15, 0.2) is 5.76 Å². The molecule has 1 atom stereocenters. The summed E-state index contributed by atoms with van der Waals surface area (Å²) in [4.78, 5) is 41.1. The third-order valence-electron chi connectivity index (χ3n) is 4.94. The molecule has 0 saturated carbocycles. The quantitative estimate of drug-likeness (QED) is 0.371. The Hall–Kier alpha value is -3.23. The monoisotopic (exact) mass is 467 g/mol. The summed E-state index contributed by atoms with van der Waals surface area (Å²) >= 11 is 2.65. The minimum Gasteiger partial charge on any atom is -0.503 e. The zero-order valence-corrected chi connectivity index (χ0v) is 19.1. The van der Waals surface area contributed by atoms with Gasteiger partial charge in [-0.05, 0) is 53.1 Å². The molecule has 0 aliphatic carbocycles. The van der Waals surface area contributed by atoms with Crippen LogP contribution >= 0.6 is 22.7 Å². The van der Waals surface area contributed by atoms with Crippen molar-refractivity contribution in [3.63, 3.8) is 0 Å². The fraction of sp³-hybridized carbons (Fsp3) is 0.208. The number of aliphatic hydroxyl groups is 1. The Balaban J connectivity index is 1.69. The van der Waals surface area contributed by atoms with Crippen molar-refractivity contribution >= 4 is 46.0 Å². The summed E-state index contributed by atoms with van der Waals surface area (Å²) in [6.07, 6.45) is 0. The van der Waals surface area contributed by atoms with E-state index in [4.69, 9.17) is 4.74 Å². The van der Waals surface area contributed by atoms with Crippen LogP contribution < -0.4 is 4.90 Å². The van der Waals surface area contributed by atoms with Gasteiger partial charge in [0.1, 0.15) is 6.04 Å². The molecule has 1 aliphatic heterocycles. The molecule has 1 unspecified atom stereocenters. The van der Waals surface area contributed by atoms with Crippen molar-refractivity contribution in [2.24, 2.45) is 5.92 Å². The SMILES string of the molecule is CC(C)COC(=O)c1ccc(N2C(=O)C(O)=C(C(=O)c3cccs3)C2c2cccs2)cc1. The van der Waals surface area contributed by atoms with Crippen LogP contribution in [-0.2, 0) is 9.53 Å². The Morgan fingerprint density at radius 3 is 2.34 bits per heavy atom. The Kier molecular flexibility index (Phi) is 6.25. The number of rotatable bonds is 7. The molecule has 164 valence electrons. The molecule has 0 radical (unpaired) electrons. The Morgan fingerprint density at radius 2 is 1.75 bits per heavy atom. The third kappa shape index (κ3) is 4.11. The molecule has 0 fully saturated rings. The number of carbonyl (C=O) groups excluding carboxylic acids is 3. The fourth-order valence-corrected chi connectivity index (χ4v) is 4.95. The lowest BCUT2D eigenvalue weighted by Gasteiger charge is -2.25. The number of anilines is 1. The minimum absolute atomic E-state index is 0.0559. The molecule has 1 amide bonds. The van der Waals surface area contributed by atoms with E-state index in [0.717, 1.165) is 4.88 Å². The summed E-state index contributed by atoms with van der Waals surface area (Å²) in [5.41, 5.74) is 0.885. The molecule has 3 heterocycles. The lowest BCUT2D eigenvalue weighted by atomic mass is 10.0. The van der Waals surface area contributed by atoms with E-state index in [9.17, 15) is 19.5 Å². The van der Waals surface area contributed by atoms with E-state index in [2.05, 4.69) is 0 Å². The number of hydrogen-bond donors (Lipinski definition) is 1. The smallest absolute Gasteiger partial charge is 0.338 e. The molecule has 1 N–H and O–H groups in total. The fourth-order valence-electron chi connectivity index (χ4n) is 3.44. The highest BCUT2D eigenvalue weighted by Crippen LogP contribution is 2.43. The maximum Gasteiger partial charge on any atom is 0.338 e. The Bertz CT molecular complexity index is 1160. The molecule has 0 spiro atoms. The van der Waals surface area contributed by atoms with Crippen LogP contribution in [0.5, 0.6) is 0 Å². The van der Waals surface area contributed by atoms with E-state index < -0.39 is 23.7 Å². The molecule has 3 aromatic rings. The topological polar surface area (TPSA) is 83.9 Å². The van der Waals surface area contributed by atoms with Gasteiger partial charge in [-0.15, -0.1) is 22.7 Å². The largest absolute Gasteiger partial charge is 0.503 e. The maximum absolute atomic E-state index is 13.2. The molecule has 6 nitrogen and oxygen atoms in total. The molecule has 1 aliphatic rings. The van der Waals surface area contributed by atoms with Crippen molar-refractivity contribution in [2.75, 3.05) is 11.5 Å². The van der Waals surface area contributed by atoms with Crippen LogP contribution in [0.1, 0.15) is 44.8 Å². The van der Waals surface area contributed by atoms with Gasteiger partial charge in [0, 0.05) is 10.6 Å². The van der Waals surface area contributed by atoms with Crippen LogP contribution in [0.15, 0.2) is 70.6 Å². The van der Waals surface area contributed by atoms with Gasteiger partial charge in [0.05, 0.1) is 22.6 Å². The molecule has 8 heteroatoms. The predicted molar refractivity (Wildman–Crippen MR) is 124 cm³/mol. The highest BCUT2D eigenvalue weighted by Gasteiger charge is 2.45. The standard InChI is InChI=1S/C24H21NO5S2/c1-14(2)13-30-24(29)15-7-9-16(10-8-15)25-20(17-5-3-11-31-17)19(22(27)23(25)28)21(26)18-6-4-12-32-18/h3-12,14,20,27H,13H2,1-2H3. The molecule has 0 saturated heterocycles. The van der Waals surface area contributed by atoms with Crippen molar-refractivity contribution in [1.29, 1.82) is 0 Å². The molecule has 4 rings (SSSR count).